The van der Waals surface area contributed by atoms with Crippen LogP contribution in [0, 0.1) is 10.1 Å². The predicted octanol–water partition coefficient (Wildman–Crippen LogP) is 2.51. The lowest BCUT2D eigenvalue weighted by molar-refractivity contribution is -0.384. The van der Waals surface area contributed by atoms with Crippen LogP contribution in [0.4, 0.5) is 11.4 Å². The Morgan fingerprint density at radius 1 is 1.22 bits per heavy atom. The van der Waals surface area contributed by atoms with Gasteiger partial charge in [0.25, 0.3) is 5.69 Å². The Morgan fingerprint density at radius 3 is 2.56 bits per heavy atom. The lowest BCUT2D eigenvalue weighted by Crippen LogP contribution is -2.15. The van der Waals surface area contributed by atoms with E-state index in [1.807, 2.05) is 0 Å². The molecule has 0 heterocycles. The zero-order chi connectivity index (χ0) is 13.0. The Morgan fingerprint density at radius 2 is 1.94 bits per heavy atom. The highest BCUT2D eigenvalue weighted by Gasteiger charge is 2.14. The van der Waals surface area contributed by atoms with E-state index in [1.54, 1.807) is 12.1 Å². The molecule has 6 heteroatoms. The van der Waals surface area contributed by atoms with E-state index in [2.05, 4.69) is 10.5 Å². The number of Topliss-reactive ketones (excluding diaryl/α,β-unsaturated/α-hetero) is 1. The molecular weight excluding hydrogens is 234 g/mol. The SMILES string of the molecule is O=C1CCC/C(=N/Nc2ccc([N+](=O)[O-])cc2)C1. The first-order valence-electron chi connectivity index (χ1n) is 5.73. The summed E-state index contributed by atoms with van der Waals surface area (Å²) < 4.78 is 0. The van der Waals surface area contributed by atoms with E-state index >= 15 is 0 Å². The van der Waals surface area contributed by atoms with Crippen LogP contribution in [0.25, 0.3) is 0 Å². The fourth-order valence-corrected chi connectivity index (χ4v) is 1.79. The van der Waals surface area contributed by atoms with Crippen molar-refractivity contribution in [1.82, 2.24) is 0 Å². The summed E-state index contributed by atoms with van der Waals surface area (Å²) in [6.07, 6.45) is 2.71. The molecule has 0 amide bonds. The molecule has 0 spiro atoms. The van der Waals surface area contributed by atoms with Gasteiger partial charge >= 0.3 is 0 Å². The van der Waals surface area contributed by atoms with Crippen LogP contribution >= 0.6 is 0 Å². The number of ketones is 1. The number of nitrogens with zero attached hydrogens (tertiary/aromatic N) is 2. The standard InChI is InChI=1S/C12H13N3O3/c16-12-3-1-2-10(8-12)14-13-9-4-6-11(7-5-9)15(17)18/h4-7,13H,1-3,8H2/b14-10-. The molecule has 18 heavy (non-hydrogen) atoms. The number of nitro groups is 1. The molecule has 2 rings (SSSR count). The number of nitrogens with one attached hydrogen (secondary N) is 1. The van der Waals surface area contributed by atoms with E-state index in [-0.39, 0.29) is 11.5 Å². The van der Waals surface area contributed by atoms with Crippen LogP contribution in [0.1, 0.15) is 25.7 Å². The van der Waals surface area contributed by atoms with E-state index < -0.39 is 4.92 Å². The number of carbonyl (C=O) groups is 1. The van der Waals surface area contributed by atoms with E-state index in [0.29, 0.717) is 18.5 Å². The number of carbonyl (C=O) groups excluding carboxylic acids is 1. The van der Waals surface area contributed by atoms with Crippen molar-refractivity contribution in [1.29, 1.82) is 0 Å². The summed E-state index contributed by atoms with van der Waals surface area (Å²) in [7, 11) is 0. The Kier molecular flexibility index (Phi) is 3.66. The van der Waals surface area contributed by atoms with Gasteiger partial charge in [0.1, 0.15) is 5.78 Å². The first kappa shape index (κ1) is 12.2. The Bertz CT molecular complexity index is 494. The summed E-state index contributed by atoms with van der Waals surface area (Å²) in [6.45, 7) is 0. The quantitative estimate of drug-likeness (QED) is 0.656. The molecule has 1 N–H and O–H groups in total. The van der Waals surface area contributed by atoms with Crippen molar-refractivity contribution < 1.29 is 9.72 Å². The number of non-ortho nitro benzene ring substituents is 1. The average Bonchev–Trinajstić information content (AvgIpc) is 2.37. The fourth-order valence-electron chi connectivity index (χ4n) is 1.79. The summed E-state index contributed by atoms with van der Waals surface area (Å²) >= 11 is 0. The zero-order valence-corrected chi connectivity index (χ0v) is 9.76. The Labute approximate surface area is 104 Å². The van der Waals surface area contributed by atoms with Crippen LogP contribution in [0.3, 0.4) is 0 Å². The number of hydrazone groups is 1. The van der Waals surface area contributed by atoms with Crippen molar-refractivity contribution in [2.24, 2.45) is 5.10 Å². The summed E-state index contributed by atoms with van der Waals surface area (Å²) in [6, 6.07) is 6.00. The Balaban J connectivity index is 1.99. The molecule has 0 bridgehead atoms. The number of hydrogen-bond acceptors (Lipinski definition) is 5. The van der Waals surface area contributed by atoms with E-state index in [1.165, 1.54) is 12.1 Å². The molecule has 0 radical (unpaired) electrons. The largest absolute Gasteiger partial charge is 0.299 e. The van der Waals surface area contributed by atoms with Gasteiger partial charge in [-0.05, 0) is 25.0 Å². The van der Waals surface area contributed by atoms with E-state index in [0.717, 1.165) is 18.6 Å². The lowest BCUT2D eigenvalue weighted by Gasteiger charge is -2.11. The van der Waals surface area contributed by atoms with Crippen molar-refractivity contribution in [2.45, 2.75) is 25.7 Å². The normalized spacial score (nSPS) is 17.8. The van der Waals surface area contributed by atoms with Crippen molar-refractivity contribution >= 4 is 22.9 Å². The molecule has 1 aliphatic carbocycles. The number of nitro benzene ring substituents is 1. The highest BCUT2D eigenvalue weighted by Crippen LogP contribution is 2.16. The molecule has 0 unspecified atom stereocenters. The van der Waals surface area contributed by atoms with E-state index in [4.69, 9.17) is 0 Å². The molecule has 0 saturated heterocycles. The molecule has 0 atom stereocenters. The smallest absolute Gasteiger partial charge is 0.269 e. The first-order valence-corrected chi connectivity index (χ1v) is 5.73. The summed E-state index contributed by atoms with van der Waals surface area (Å²) in [4.78, 5) is 21.2. The van der Waals surface area contributed by atoms with Gasteiger partial charge in [-0.2, -0.15) is 5.10 Å². The second-order valence-electron chi connectivity index (χ2n) is 4.16. The van der Waals surface area contributed by atoms with Crippen LogP contribution in [0.2, 0.25) is 0 Å². The topological polar surface area (TPSA) is 84.6 Å². The molecule has 0 aromatic heterocycles. The maximum atomic E-state index is 11.2. The minimum atomic E-state index is -0.449. The van der Waals surface area contributed by atoms with Crippen molar-refractivity contribution in [3.8, 4) is 0 Å². The first-order chi connectivity index (χ1) is 8.65. The molecular formula is C12H13N3O3. The van der Waals surface area contributed by atoms with Crippen molar-refractivity contribution in [3.63, 3.8) is 0 Å². The van der Waals surface area contributed by atoms with Gasteiger partial charge in [0.05, 0.1) is 10.6 Å². The second kappa shape index (κ2) is 5.39. The van der Waals surface area contributed by atoms with Crippen LogP contribution < -0.4 is 5.43 Å². The van der Waals surface area contributed by atoms with Gasteiger partial charge in [-0.1, -0.05) is 0 Å². The van der Waals surface area contributed by atoms with Crippen molar-refractivity contribution in [2.75, 3.05) is 5.43 Å². The third-order valence-electron chi connectivity index (χ3n) is 2.74. The van der Waals surface area contributed by atoms with E-state index in [9.17, 15) is 14.9 Å². The van der Waals surface area contributed by atoms with Gasteiger partial charge in [0.2, 0.25) is 0 Å². The number of benzene rings is 1. The monoisotopic (exact) mass is 247 g/mol. The van der Waals surface area contributed by atoms with Gasteiger partial charge in [0, 0.05) is 30.7 Å². The summed E-state index contributed by atoms with van der Waals surface area (Å²) in [5, 5.41) is 14.6. The van der Waals surface area contributed by atoms with Gasteiger partial charge in [-0.15, -0.1) is 0 Å². The number of rotatable bonds is 3. The third kappa shape index (κ3) is 3.13. The second-order valence-corrected chi connectivity index (χ2v) is 4.16. The van der Waals surface area contributed by atoms with Gasteiger partial charge in [0.15, 0.2) is 0 Å². The molecule has 1 aromatic rings. The van der Waals surface area contributed by atoms with Crippen LogP contribution in [-0.4, -0.2) is 16.4 Å². The predicted molar refractivity (Wildman–Crippen MR) is 67.6 cm³/mol. The van der Waals surface area contributed by atoms with Crippen LogP contribution in [0.5, 0.6) is 0 Å². The van der Waals surface area contributed by atoms with Gasteiger partial charge < -0.3 is 0 Å². The third-order valence-corrected chi connectivity index (χ3v) is 2.74. The van der Waals surface area contributed by atoms with Crippen LogP contribution in [0.15, 0.2) is 29.4 Å². The minimum absolute atomic E-state index is 0.0426. The fraction of sp³-hybridized carbons (Fsp3) is 0.333. The molecule has 1 fully saturated rings. The number of hydrogen-bond donors (Lipinski definition) is 1. The Hall–Kier alpha value is -2.24. The molecule has 6 nitrogen and oxygen atoms in total. The van der Waals surface area contributed by atoms with Crippen molar-refractivity contribution in [3.05, 3.63) is 34.4 Å². The lowest BCUT2D eigenvalue weighted by atomic mass is 9.97. The zero-order valence-electron chi connectivity index (χ0n) is 9.76. The maximum Gasteiger partial charge on any atom is 0.269 e. The van der Waals surface area contributed by atoms with Crippen LogP contribution in [-0.2, 0) is 4.79 Å². The molecule has 1 saturated carbocycles. The minimum Gasteiger partial charge on any atom is -0.299 e. The van der Waals surface area contributed by atoms with Gasteiger partial charge in [-0.3, -0.25) is 20.3 Å². The maximum absolute atomic E-state index is 11.2. The molecule has 1 aliphatic rings. The molecule has 94 valence electrons. The highest BCUT2D eigenvalue weighted by molar-refractivity contribution is 6.04. The summed E-state index contributed by atoms with van der Waals surface area (Å²) in [5.74, 6) is 0.213. The van der Waals surface area contributed by atoms with Gasteiger partial charge in [-0.25, -0.2) is 0 Å². The average molecular weight is 247 g/mol. The number of anilines is 1. The molecule has 1 aromatic carbocycles. The molecule has 0 aliphatic heterocycles. The highest BCUT2D eigenvalue weighted by atomic mass is 16.6. The summed E-state index contributed by atoms with van der Waals surface area (Å²) in [5.41, 5.74) is 4.37.